The summed E-state index contributed by atoms with van der Waals surface area (Å²) < 4.78 is 5.55. The van der Waals surface area contributed by atoms with Crippen molar-refractivity contribution in [2.75, 3.05) is 40.3 Å². The smallest absolute Gasteiger partial charge is 0.257 e. The molecule has 0 aliphatic carbocycles. The van der Waals surface area contributed by atoms with Gasteiger partial charge in [0.25, 0.3) is 5.91 Å². The van der Waals surface area contributed by atoms with Gasteiger partial charge in [0.1, 0.15) is 5.75 Å². The van der Waals surface area contributed by atoms with Gasteiger partial charge in [-0.2, -0.15) is 0 Å². The Hall–Kier alpha value is -1.59. The largest absolute Gasteiger partial charge is 0.493 e. The Morgan fingerprint density at radius 1 is 1.41 bits per heavy atom. The molecule has 5 nitrogen and oxygen atoms in total. The molecule has 1 amide bonds. The molecule has 1 fully saturated rings. The summed E-state index contributed by atoms with van der Waals surface area (Å²) in [5.74, 6) is 0.539. The van der Waals surface area contributed by atoms with Gasteiger partial charge in [0.2, 0.25) is 0 Å². The monoisotopic (exact) mass is 306 g/mol. The molecule has 0 bridgehead atoms. The van der Waals surface area contributed by atoms with Crippen molar-refractivity contribution in [1.29, 1.82) is 0 Å². The van der Waals surface area contributed by atoms with Gasteiger partial charge in [-0.15, -0.1) is 0 Å². The van der Waals surface area contributed by atoms with Crippen LogP contribution in [-0.4, -0.2) is 66.8 Å². The van der Waals surface area contributed by atoms with Gasteiger partial charge in [-0.3, -0.25) is 4.79 Å². The van der Waals surface area contributed by atoms with Gasteiger partial charge in [-0.25, -0.2) is 0 Å². The number of β-amino-alcohol motifs (C(OH)–C–C–N with tert-alkyl or cyclic N) is 1. The lowest BCUT2D eigenvalue weighted by molar-refractivity contribution is -0.0392. The summed E-state index contributed by atoms with van der Waals surface area (Å²) in [6.07, 6.45) is 1.54. The average Bonchev–Trinajstić information content (AvgIpc) is 2.46. The highest BCUT2D eigenvalue weighted by atomic mass is 16.5. The van der Waals surface area contributed by atoms with Crippen LogP contribution in [0, 0.1) is 0 Å². The van der Waals surface area contributed by atoms with Crippen molar-refractivity contribution < 1.29 is 14.6 Å². The summed E-state index contributed by atoms with van der Waals surface area (Å²) in [6.45, 7) is 4.02. The molecule has 1 N–H and O–H groups in total. The maximum Gasteiger partial charge on any atom is 0.257 e. The molecule has 1 aliphatic heterocycles. The number of carbonyl (C=O) groups is 1. The van der Waals surface area contributed by atoms with Crippen LogP contribution in [0.2, 0.25) is 0 Å². The Bertz CT molecular complexity index is 518. The van der Waals surface area contributed by atoms with Crippen molar-refractivity contribution >= 4 is 5.91 Å². The predicted octanol–water partition coefficient (Wildman–Crippen LogP) is 1.61. The Labute approximate surface area is 132 Å². The van der Waals surface area contributed by atoms with Crippen molar-refractivity contribution in [2.45, 2.75) is 25.4 Å². The Balaban J connectivity index is 2.15. The number of piperidine rings is 1. The molecule has 1 aromatic rings. The average molecular weight is 306 g/mol. The number of benzene rings is 1. The van der Waals surface area contributed by atoms with E-state index in [1.807, 2.05) is 44.1 Å². The van der Waals surface area contributed by atoms with Crippen LogP contribution in [0.5, 0.6) is 5.75 Å². The number of hydrogen-bond acceptors (Lipinski definition) is 4. The van der Waals surface area contributed by atoms with Crippen molar-refractivity contribution in [1.82, 2.24) is 9.80 Å². The lowest BCUT2D eigenvalue weighted by atomic mass is 9.92. The molecule has 22 heavy (non-hydrogen) atoms. The predicted molar refractivity (Wildman–Crippen MR) is 86.3 cm³/mol. The van der Waals surface area contributed by atoms with Gasteiger partial charge < -0.3 is 19.6 Å². The first-order valence-electron chi connectivity index (χ1n) is 7.83. The number of para-hydroxylation sites is 1. The van der Waals surface area contributed by atoms with Crippen LogP contribution in [0.15, 0.2) is 24.3 Å². The van der Waals surface area contributed by atoms with Crippen LogP contribution >= 0.6 is 0 Å². The third-order valence-corrected chi connectivity index (χ3v) is 3.87. The summed E-state index contributed by atoms with van der Waals surface area (Å²) in [7, 11) is 3.87. The molecule has 1 atom stereocenters. The number of aliphatic hydroxyl groups is 1. The zero-order valence-corrected chi connectivity index (χ0v) is 13.7. The third-order valence-electron chi connectivity index (χ3n) is 3.87. The van der Waals surface area contributed by atoms with Gasteiger partial charge in [-0.05, 0) is 46.0 Å². The third kappa shape index (κ3) is 3.99. The molecule has 0 aromatic heterocycles. The molecule has 1 aliphatic rings. The molecule has 1 saturated heterocycles. The molecule has 0 unspecified atom stereocenters. The van der Waals surface area contributed by atoms with E-state index in [0.717, 1.165) is 12.8 Å². The maximum absolute atomic E-state index is 12.8. The van der Waals surface area contributed by atoms with Crippen LogP contribution < -0.4 is 4.74 Å². The maximum atomic E-state index is 12.8. The summed E-state index contributed by atoms with van der Waals surface area (Å²) in [4.78, 5) is 16.5. The summed E-state index contributed by atoms with van der Waals surface area (Å²) in [6, 6.07) is 7.30. The van der Waals surface area contributed by atoms with Crippen molar-refractivity contribution in [3.05, 3.63) is 29.8 Å². The molecule has 2 rings (SSSR count). The van der Waals surface area contributed by atoms with E-state index in [0.29, 0.717) is 37.6 Å². The number of nitrogens with zero attached hydrogens (tertiary/aromatic N) is 2. The molecular weight excluding hydrogens is 280 g/mol. The van der Waals surface area contributed by atoms with E-state index in [1.54, 1.807) is 11.0 Å². The van der Waals surface area contributed by atoms with E-state index in [2.05, 4.69) is 0 Å². The minimum absolute atomic E-state index is 0.0686. The molecule has 0 spiro atoms. The molecule has 0 saturated carbocycles. The second-order valence-corrected chi connectivity index (χ2v) is 6.22. The van der Waals surface area contributed by atoms with Crippen LogP contribution in [0.3, 0.4) is 0 Å². The second kappa shape index (κ2) is 7.11. The fourth-order valence-corrected chi connectivity index (χ4v) is 3.10. The highest BCUT2D eigenvalue weighted by molar-refractivity contribution is 5.97. The zero-order valence-electron chi connectivity index (χ0n) is 13.7. The molecule has 1 heterocycles. The number of amides is 1. The lowest BCUT2D eigenvalue weighted by Gasteiger charge is -2.40. The number of likely N-dealkylation sites (N-methyl/N-ethyl adjacent to an activating group) is 1. The van der Waals surface area contributed by atoms with Crippen molar-refractivity contribution in [3.8, 4) is 5.75 Å². The highest BCUT2D eigenvalue weighted by Gasteiger charge is 2.36. The summed E-state index contributed by atoms with van der Waals surface area (Å²) >= 11 is 0. The first kappa shape index (κ1) is 16.8. The first-order chi connectivity index (χ1) is 10.4. The van der Waals surface area contributed by atoms with Gasteiger partial charge in [0, 0.05) is 13.1 Å². The van der Waals surface area contributed by atoms with Crippen LogP contribution in [0.25, 0.3) is 0 Å². The molecule has 5 heteroatoms. The molecule has 0 radical (unpaired) electrons. The zero-order chi connectivity index (χ0) is 16.2. The number of rotatable bonds is 5. The number of likely N-dealkylation sites (tertiary alicyclic amines) is 1. The quantitative estimate of drug-likeness (QED) is 0.898. The summed E-state index contributed by atoms with van der Waals surface area (Å²) in [5, 5.41) is 10.7. The summed E-state index contributed by atoms with van der Waals surface area (Å²) in [5.41, 5.74) is -0.267. The van der Waals surface area contributed by atoms with Gasteiger partial charge in [0.15, 0.2) is 0 Å². The van der Waals surface area contributed by atoms with E-state index in [9.17, 15) is 9.90 Å². The van der Waals surface area contributed by atoms with Crippen LogP contribution in [0.4, 0.5) is 0 Å². The second-order valence-electron chi connectivity index (χ2n) is 6.22. The molecule has 122 valence electrons. The molecule has 1 aromatic carbocycles. The first-order valence-corrected chi connectivity index (χ1v) is 7.83. The normalized spacial score (nSPS) is 22.0. The van der Waals surface area contributed by atoms with Crippen LogP contribution in [0.1, 0.15) is 30.1 Å². The highest BCUT2D eigenvalue weighted by Crippen LogP contribution is 2.26. The van der Waals surface area contributed by atoms with E-state index < -0.39 is 5.60 Å². The number of carbonyl (C=O) groups excluding carboxylic acids is 1. The van der Waals surface area contributed by atoms with Gasteiger partial charge in [-0.1, -0.05) is 12.1 Å². The van der Waals surface area contributed by atoms with Crippen LogP contribution in [-0.2, 0) is 0 Å². The lowest BCUT2D eigenvalue weighted by Crippen LogP contribution is -2.54. The number of ether oxygens (including phenoxy) is 1. The fourth-order valence-electron chi connectivity index (χ4n) is 3.10. The van der Waals surface area contributed by atoms with Gasteiger partial charge >= 0.3 is 0 Å². The molecular formula is C17H26N2O3. The fraction of sp³-hybridized carbons (Fsp3) is 0.588. The Morgan fingerprint density at radius 3 is 2.82 bits per heavy atom. The van der Waals surface area contributed by atoms with E-state index in [-0.39, 0.29) is 5.91 Å². The van der Waals surface area contributed by atoms with Crippen molar-refractivity contribution in [3.63, 3.8) is 0 Å². The Kier molecular flexibility index (Phi) is 5.42. The van der Waals surface area contributed by atoms with Crippen molar-refractivity contribution in [2.24, 2.45) is 0 Å². The minimum Gasteiger partial charge on any atom is -0.493 e. The minimum atomic E-state index is -0.835. The topological polar surface area (TPSA) is 53.0 Å². The Morgan fingerprint density at radius 2 is 2.14 bits per heavy atom. The van der Waals surface area contributed by atoms with E-state index >= 15 is 0 Å². The standard InChI is InChI=1S/C17H26N2O3/c1-4-22-15-9-6-5-8-14(15)16(20)19-11-7-10-17(21,13-19)12-18(2)3/h5-6,8-9,21H,4,7,10-13H2,1-3H3/t17-/m0/s1. The van der Waals surface area contributed by atoms with E-state index in [1.165, 1.54) is 0 Å². The number of hydrogen-bond donors (Lipinski definition) is 1. The van der Waals surface area contributed by atoms with Gasteiger partial charge in [0.05, 0.1) is 24.3 Å². The van der Waals surface area contributed by atoms with E-state index in [4.69, 9.17) is 4.74 Å². The SMILES string of the molecule is CCOc1ccccc1C(=O)N1CCC[C@](O)(CN(C)C)C1.